The quantitative estimate of drug-likeness (QED) is 0.0606. The Labute approximate surface area is 403 Å². The summed E-state index contributed by atoms with van der Waals surface area (Å²) in [6.45, 7) is -3.24. The molecule has 0 radical (unpaired) electrons. The number of ether oxygens (including phenoxy) is 11. The third kappa shape index (κ3) is 12.0. The van der Waals surface area contributed by atoms with Crippen LogP contribution in [0.1, 0.15) is 20.3 Å². The van der Waals surface area contributed by atoms with E-state index < -0.39 is 235 Å². The number of carbonyl (C=O) groups is 1. The van der Waals surface area contributed by atoms with Crippen LogP contribution in [0.25, 0.3) is 0 Å². The number of nitrogens with two attached hydrogens (primary N) is 1. The van der Waals surface area contributed by atoms with E-state index in [2.05, 4.69) is 0 Å². The van der Waals surface area contributed by atoms with Gasteiger partial charge in [0.2, 0.25) is 0 Å². The molecule has 71 heavy (non-hydrogen) atoms. The van der Waals surface area contributed by atoms with Crippen LogP contribution in [0.3, 0.4) is 0 Å². The third-order valence-electron chi connectivity index (χ3n) is 13.8. The molecule has 6 aliphatic rings. The molecule has 30 atom stereocenters. The number of hydrogen-bond acceptors (Lipinski definition) is 30. The number of aliphatic carboxylic acids is 1. The van der Waals surface area contributed by atoms with Crippen LogP contribution < -0.4 is 5.73 Å². The highest BCUT2D eigenvalue weighted by Gasteiger charge is 2.59. The Morgan fingerprint density at radius 2 is 0.930 bits per heavy atom. The zero-order valence-corrected chi connectivity index (χ0v) is 38.2. The molecule has 0 aliphatic carbocycles. The number of carboxylic acids is 1. The Morgan fingerprint density at radius 3 is 1.42 bits per heavy atom. The summed E-state index contributed by atoms with van der Waals surface area (Å²) in [5.41, 5.74) is 4.06. The van der Waals surface area contributed by atoms with Crippen LogP contribution in [0.5, 0.6) is 0 Å². The molecule has 0 bridgehead atoms. The second-order valence-corrected chi connectivity index (χ2v) is 18.6. The zero-order valence-electron chi connectivity index (χ0n) is 38.2. The Bertz CT molecular complexity index is 1670. The van der Waals surface area contributed by atoms with Gasteiger partial charge in [-0.1, -0.05) is 6.92 Å². The Balaban J connectivity index is 1.40. The monoisotopic (exact) mass is 1040 g/mol. The number of hydrogen-bond donors (Lipinski definition) is 19. The summed E-state index contributed by atoms with van der Waals surface area (Å²) in [4.78, 5) is 12.2. The molecule has 20 N–H and O–H groups in total. The lowest BCUT2D eigenvalue weighted by molar-refractivity contribution is -0.410. The van der Waals surface area contributed by atoms with E-state index in [0.29, 0.717) is 0 Å². The maximum absolute atomic E-state index is 12.4. The van der Waals surface area contributed by atoms with Crippen molar-refractivity contribution < 1.29 is 149 Å². The smallest absolute Gasteiger partial charge is 0.335 e. The minimum absolute atomic E-state index is 0.703. The molecular formula is C40H69NO30. The third-order valence-corrected chi connectivity index (χ3v) is 13.8. The number of aliphatic hydroxyl groups excluding tert-OH is 17. The molecule has 6 aliphatic heterocycles. The lowest BCUT2D eigenvalue weighted by atomic mass is 9.87. The van der Waals surface area contributed by atoms with Crippen LogP contribution in [0.15, 0.2) is 0 Å². The molecule has 414 valence electrons. The molecule has 0 aromatic carbocycles. The van der Waals surface area contributed by atoms with E-state index in [4.69, 9.17) is 57.8 Å². The van der Waals surface area contributed by atoms with Crippen LogP contribution in [0.4, 0.5) is 0 Å². The van der Waals surface area contributed by atoms with Gasteiger partial charge in [-0.15, -0.1) is 0 Å². The van der Waals surface area contributed by atoms with E-state index in [0.717, 1.165) is 6.92 Å². The second-order valence-electron chi connectivity index (χ2n) is 18.6. The standard InChI is InChI=1S/C40H69NO30/c1-10-13(5-43)61-38(33(70-34-18(41)22(53)19(50)14(6-44)62-34)28(10)66-35-25(56)23(54)20(51)15(7-45)63-35)68-31-17(9-47)65-37(32(27(31)58)69-36-26(57)24(55)21(52)16(8-46)64-36)67-29-11(48)3-40(2,39(59)60)71-30(29)12(49)4-42/h10-38,42-58H,3-9,41H2,1-2H3,(H,59,60)/t10-,11-,12?,13?,14?,15?,16?,17?,18?,19-,20-,21-,22-,23+,24+,25?,26?,27+,28+,29-,30?,31-,32?,33?,34-,35-,36-,37-,38+,40-/m1/s1. The first-order valence-corrected chi connectivity index (χ1v) is 22.9. The zero-order chi connectivity index (χ0) is 52.5. The molecule has 31 heteroatoms. The van der Waals surface area contributed by atoms with Gasteiger partial charge in [-0.05, 0) is 6.92 Å². The van der Waals surface area contributed by atoms with Gasteiger partial charge in [0.25, 0.3) is 0 Å². The molecule has 6 fully saturated rings. The summed E-state index contributed by atoms with van der Waals surface area (Å²) in [5.74, 6) is -2.67. The first-order chi connectivity index (χ1) is 33.5. The van der Waals surface area contributed by atoms with Crippen molar-refractivity contribution in [3.63, 3.8) is 0 Å². The van der Waals surface area contributed by atoms with E-state index in [1.54, 1.807) is 0 Å². The van der Waals surface area contributed by atoms with E-state index in [1.807, 2.05) is 0 Å². The van der Waals surface area contributed by atoms with Gasteiger partial charge in [-0.2, -0.15) is 0 Å². The molecule has 6 heterocycles. The molecular weight excluding hydrogens is 974 g/mol. The predicted molar refractivity (Wildman–Crippen MR) is 219 cm³/mol. The molecule has 0 spiro atoms. The fourth-order valence-electron chi connectivity index (χ4n) is 9.38. The summed E-state index contributed by atoms with van der Waals surface area (Å²) in [6, 6.07) is -1.63. The van der Waals surface area contributed by atoms with Crippen molar-refractivity contribution in [2.75, 3.05) is 39.6 Å². The molecule has 0 aromatic rings. The molecule has 0 aromatic heterocycles. The van der Waals surface area contributed by atoms with Gasteiger partial charge < -0.3 is 150 Å². The van der Waals surface area contributed by atoms with Crippen LogP contribution in [-0.2, 0) is 56.9 Å². The average molecular weight is 1040 g/mol. The van der Waals surface area contributed by atoms with Gasteiger partial charge in [0.1, 0.15) is 116 Å². The van der Waals surface area contributed by atoms with E-state index in [9.17, 15) is 96.7 Å². The summed E-state index contributed by atoms with van der Waals surface area (Å²) in [5, 5.41) is 191. The Hall–Kier alpha value is -1.69. The van der Waals surface area contributed by atoms with Crippen molar-refractivity contribution in [2.45, 2.75) is 198 Å². The molecule has 31 nitrogen and oxygen atoms in total. The number of rotatable bonds is 18. The SMILES string of the molecule is C[C@@H]1C(CO)O[C@@H](O[C@@H]2C(CO)O[C@H](O[C@H]3C(C(O)CO)O[C@@](C)(C(=O)O)C[C@H]3O)C(O[C@H]3OC(CO)[C@@H](O)[C@H](O)C3O)[C@H]2O)C(O[C@H]2OC(CO)[C@@H](O)[C@H](O)C2N)[C@H]1O[C@H]1OC(CO)[C@@H](O)[C@H](O)C1O. The van der Waals surface area contributed by atoms with Gasteiger partial charge in [0, 0.05) is 12.3 Å². The minimum atomic E-state index is -2.28. The highest BCUT2D eigenvalue weighted by Crippen LogP contribution is 2.41. The summed E-state index contributed by atoms with van der Waals surface area (Å²) in [7, 11) is 0. The van der Waals surface area contributed by atoms with Crippen LogP contribution in [-0.4, -0.2) is 315 Å². The van der Waals surface area contributed by atoms with E-state index >= 15 is 0 Å². The maximum atomic E-state index is 12.4. The average Bonchev–Trinajstić information content (AvgIpc) is 3.35. The van der Waals surface area contributed by atoms with Gasteiger partial charge in [0.15, 0.2) is 37.1 Å². The fraction of sp³-hybridized carbons (Fsp3) is 0.975. The van der Waals surface area contributed by atoms with Crippen LogP contribution in [0, 0.1) is 5.92 Å². The molecule has 0 saturated carbocycles. The number of aliphatic hydroxyl groups is 17. The lowest BCUT2D eigenvalue weighted by Crippen LogP contribution is -2.69. The van der Waals surface area contributed by atoms with Crippen molar-refractivity contribution in [1.82, 2.24) is 0 Å². The second kappa shape index (κ2) is 24.5. The summed E-state index contributed by atoms with van der Waals surface area (Å²) in [6.07, 6.45) is -51.6. The van der Waals surface area contributed by atoms with Gasteiger partial charge in [-0.25, -0.2) is 4.79 Å². The predicted octanol–water partition coefficient (Wildman–Crippen LogP) is -11.9. The maximum Gasteiger partial charge on any atom is 0.335 e. The van der Waals surface area contributed by atoms with Crippen molar-refractivity contribution in [2.24, 2.45) is 11.7 Å². The fourth-order valence-corrected chi connectivity index (χ4v) is 9.38. The summed E-state index contributed by atoms with van der Waals surface area (Å²) < 4.78 is 65.3. The summed E-state index contributed by atoms with van der Waals surface area (Å²) >= 11 is 0. The topological polar surface area (TPSA) is 509 Å². The van der Waals surface area contributed by atoms with Gasteiger partial charge in [-0.3, -0.25) is 0 Å². The first kappa shape index (κ1) is 58.6. The lowest BCUT2D eigenvalue weighted by Gasteiger charge is -2.52. The van der Waals surface area contributed by atoms with E-state index in [-0.39, 0.29) is 0 Å². The van der Waals surface area contributed by atoms with Crippen molar-refractivity contribution in [3.8, 4) is 0 Å². The van der Waals surface area contributed by atoms with Crippen molar-refractivity contribution >= 4 is 5.97 Å². The number of carboxylic acid groups (broad SMARTS) is 1. The normalized spacial score (nSPS) is 51.4. The largest absolute Gasteiger partial charge is 0.479 e. The molecule has 6 saturated heterocycles. The molecule has 0 amide bonds. The van der Waals surface area contributed by atoms with Gasteiger partial charge in [0.05, 0.1) is 64.0 Å². The van der Waals surface area contributed by atoms with Crippen LogP contribution in [0.2, 0.25) is 0 Å². The van der Waals surface area contributed by atoms with Crippen molar-refractivity contribution in [1.29, 1.82) is 0 Å². The first-order valence-electron chi connectivity index (χ1n) is 22.9. The van der Waals surface area contributed by atoms with Crippen molar-refractivity contribution in [3.05, 3.63) is 0 Å². The Morgan fingerprint density at radius 1 is 0.521 bits per heavy atom. The van der Waals surface area contributed by atoms with Gasteiger partial charge >= 0.3 is 5.97 Å². The highest BCUT2D eigenvalue weighted by atomic mass is 16.8. The molecule has 6 rings (SSSR count). The van der Waals surface area contributed by atoms with E-state index in [1.165, 1.54) is 6.92 Å². The minimum Gasteiger partial charge on any atom is -0.479 e. The highest BCUT2D eigenvalue weighted by molar-refractivity contribution is 5.77. The van der Waals surface area contributed by atoms with Crippen LogP contribution >= 0.6 is 0 Å². The molecule has 12 unspecified atom stereocenters. The Kier molecular flexibility index (Phi) is 20.2.